The van der Waals surface area contributed by atoms with Crippen molar-refractivity contribution >= 4 is 17.7 Å². The van der Waals surface area contributed by atoms with E-state index in [9.17, 15) is 9.18 Å². The highest BCUT2D eigenvalue weighted by Gasteiger charge is 2.18. The van der Waals surface area contributed by atoms with Crippen LogP contribution in [0.4, 0.5) is 4.39 Å². The van der Waals surface area contributed by atoms with Crippen molar-refractivity contribution in [1.29, 1.82) is 0 Å². The first kappa shape index (κ1) is 24.7. The summed E-state index contributed by atoms with van der Waals surface area (Å²) in [6.45, 7) is 5.68. The Labute approximate surface area is 208 Å². The van der Waals surface area contributed by atoms with E-state index >= 15 is 0 Å². The van der Waals surface area contributed by atoms with Gasteiger partial charge in [0.05, 0.1) is 17.3 Å². The van der Waals surface area contributed by atoms with E-state index in [-0.39, 0.29) is 11.8 Å². The number of aryl methyl sites for hydroxylation is 1. The van der Waals surface area contributed by atoms with Crippen LogP contribution in [0.25, 0.3) is 22.8 Å². The molecule has 0 fully saturated rings. The van der Waals surface area contributed by atoms with Gasteiger partial charge < -0.3 is 14.3 Å². The Hall–Kier alpha value is -3.46. The van der Waals surface area contributed by atoms with Gasteiger partial charge in [0.15, 0.2) is 10.9 Å². The van der Waals surface area contributed by atoms with Crippen LogP contribution < -0.4 is 5.32 Å². The number of aromatic nitrogens is 4. The molecule has 0 aliphatic heterocycles. The average Bonchev–Trinajstić information content (AvgIpc) is 3.49. The van der Waals surface area contributed by atoms with Gasteiger partial charge in [-0.25, -0.2) is 9.37 Å². The Morgan fingerprint density at radius 2 is 1.86 bits per heavy atom. The molecular weight excluding hydrogens is 465 g/mol. The lowest BCUT2D eigenvalue weighted by Gasteiger charge is -2.12. The first-order valence-electron chi connectivity index (χ1n) is 11.5. The number of oxazole rings is 1. The van der Waals surface area contributed by atoms with Crippen LogP contribution in [0.3, 0.4) is 0 Å². The zero-order chi connectivity index (χ0) is 24.8. The number of benzene rings is 2. The molecule has 0 bridgehead atoms. The molecule has 7 nitrogen and oxygen atoms in total. The fourth-order valence-corrected chi connectivity index (χ4v) is 4.32. The lowest BCUT2D eigenvalue weighted by molar-refractivity contribution is 0.0953. The summed E-state index contributed by atoms with van der Waals surface area (Å²) in [5, 5.41) is 12.5. The molecule has 4 rings (SSSR count). The summed E-state index contributed by atoms with van der Waals surface area (Å²) >= 11 is 1.58. The molecular formula is C26H28FN5O2S. The van der Waals surface area contributed by atoms with Crippen LogP contribution >= 0.6 is 11.8 Å². The Kier molecular flexibility index (Phi) is 7.97. The van der Waals surface area contributed by atoms with E-state index in [2.05, 4.69) is 38.9 Å². The minimum Gasteiger partial charge on any atom is -0.436 e. The molecule has 0 atom stereocenters. The van der Waals surface area contributed by atoms with Gasteiger partial charge >= 0.3 is 0 Å². The largest absolute Gasteiger partial charge is 0.436 e. The van der Waals surface area contributed by atoms with Gasteiger partial charge in [-0.2, -0.15) is 0 Å². The molecule has 35 heavy (non-hydrogen) atoms. The molecule has 0 saturated heterocycles. The summed E-state index contributed by atoms with van der Waals surface area (Å²) in [4.78, 5) is 17.3. The van der Waals surface area contributed by atoms with Crippen LogP contribution in [0.1, 0.15) is 36.5 Å². The van der Waals surface area contributed by atoms with E-state index in [0.717, 1.165) is 23.9 Å². The van der Waals surface area contributed by atoms with Crippen molar-refractivity contribution in [3.63, 3.8) is 0 Å². The van der Waals surface area contributed by atoms with Crippen molar-refractivity contribution in [3.05, 3.63) is 71.9 Å². The highest BCUT2D eigenvalue weighted by atomic mass is 32.2. The van der Waals surface area contributed by atoms with Gasteiger partial charge in [-0.05, 0) is 42.9 Å². The van der Waals surface area contributed by atoms with Gasteiger partial charge in [0.2, 0.25) is 5.89 Å². The third-order valence-corrected chi connectivity index (χ3v) is 6.10. The van der Waals surface area contributed by atoms with Crippen LogP contribution in [0.15, 0.2) is 64.3 Å². The van der Waals surface area contributed by atoms with Gasteiger partial charge in [-0.15, -0.1) is 10.2 Å². The average molecular weight is 494 g/mol. The van der Waals surface area contributed by atoms with Crippen LogP contribution in [0.2, 0.25) is 0 Å². The third-order valence-electron chi connectivity index (χ3n) is 5.43. The third kappa shape index (κ3) is 5.79. The molecule has 0 aliphatic carbocycles. The lowest BCUT2D eigenvalue weighted by atomic mass is 10.1. The van der Waals surface area contributed by atoms with Gasteiger partial charge in [-0.3, -0.25) is 4.79 Å². The SMILES string of the molecule is CSc1nnc(CCCNC(=O)c2ccccc2-c2ncc(-c3ccccc3F)o2)n1CC(C)C. The molecule has 1 N–H and O–H groups in total. The van der Waals surface area contributed by atoms with Crippen molar-refractivity contribution in [2.45, 2.75) is 38.4 Å². The number of nitrogens with one attached hydrogen (secondary N) is 1. The lowest BCUT2D eigenvalue weighted by Crippen LogP contribution is -2.25. The van der Waals surface area contributed by atoms with E-state index < -0.39 is 5.82 Å². The second kappa shape index (κ2) is 11.3. The summed E-state index contributed by atoms with van der Waals surface area (Å²) in [6, 6.07) is 13.4. The van der Waals surface area contributed by atoms with Gasteiger partial charge in [0, 0.05) is 25.1 Å². The highest BCUT2D eigenvalue weighted by Crippen LogP contribution is 2.29. The smallest absolute Gasteiger partial charge is 0.252 e. The topological polar surface area (TPSA) is 85.8 Å². The molecule has 182 valence electrons. The molecule has 1 amide bonds. The maximum atomic E-state index is 14.1. The molecule has 9 heteroatoms. The van der Waals surface area contributed by atoms with E-state index in [1.54, 1.807) is 48.2 Å². The fourth-order valence-electron chi connectivity index (χ4n) is 3.80. The van der Waals surface area contributed by atoms with Crippen molar-refractivity contribution in [2.75, 3.05) is 12.8 Å². The number of halogens is 1. The Balaban J connectivity index is 1.42. The molecule has 2 aromatic carbocycles. The van der Waals surface area contributed by atoms with Crippen LogP contribution in [-0.4, -0.2) is 38.5 Å². The van der Waals surface area contributed by atoms with Crippen molar-refractivity contribution in [2.24, 2.45) is 5.92 Å². The van der Waals surface area contributed by atoms with Gasteiger partial charge in [0.25, 0.3) is 5.91 Å². The standard InChI is InChI=1S/C26H28FN5O2S/c1-17(2)16-32-23(30-31-26(32)35-3)13-8-14-28-24(33)18-9-4-5-10-19(18)25-29-15-22(34-25)20-11-6-7-12-21(20)27/h4-7,9-12,15,17H,8,13-14,16H2,1-3H3,(H,28,33). The molecule has 4 aromatic rings. The van der Waals surface area contributed by atoms with E-state index in [1.807, 2.05) is 12.3 Å². The molecule has 0 unspecified atom stereocenters. The number of thioether (sulfide) groups is 1. The monoisotopic (exact) mass is 493 g/mol. The minimum absolute atomic E-state index is 0.223. The van der Waals surface area contributed by atoms with Crippen molar-refractivity contribution in [3.8, 4) is 22.8 Å². The van der Waals surface area contributed by atoms with E-state index in [4.69, 9.17) is 4.42 Å². The van der Waals surface area contributed by atoms with Crippen LogP contribution in [0, 0.1) is 11.7 Å². The number of hydrogen-bond donors (Lipinski definition) is 1. The Bertz CT molecular complexity index is 1300. The zero-order valence-corrected chi connectivity index (χ0v) is 20.8. The summed E-state index contributed by atoms with van der Waals surface area (Å²) in [5.41, 5.74) is 1.32. The van der Waals surface area contributed by atoms with E-state index in [0.29, 0.717) is 41.3 Å². The Morgan fingerprint density at radius 1 is 1.11 bits per heavy atom. The molecule has 0 radical (unpaired) electrons. The minimum atomic E-state index is -0.393. The molecule has 2 aromatic heterocycles. The summed E-state index contributed by atoms with van der Waals surface area (Å²) in [5.74, 6) is 1.37. The fraction of sp³-hybridized carbons (Fsp3) is 0.308. The summed E-state index contributed by atoms with van der Waals surface area (Å²) < 4.78 is 22.1. The number of hydrogen-bond acceptors (Lipinski definition) is 6. The number of carbonyl (C=O) groups excluding carboxylic acids is 1. The predicted octanol–water partition coefficient (Wildman–Crippen LogP) is 5.48. The molecule has 0 saturated carbocycles. The number of amides is 1. The predicted molar refractivity (Wildman–Crippen MR) is 135 cm³/mol. The van der Waals surface area contributed by atoms with Gasteiger partial charge in [0.1, 0.15) is 11.6 Å². The molecule has 2 heterocycles. The maximum absolute atomic E-state index is 14.1. The summed E-state index contributed by atoms with van der Waals surface area (Å²) in [7, 11) is 0. The normalized spacial score (nSPS) is 11.2. The number of carbonyl (C=O) groups is 1. The van der Waals surface area contributed by atoms with E-state index in [1.165, 1.54) is 12.3 Å². The Morgan fingerprint density at radius 3 is 2.60 bits per heavy atom. The maximum Gasteiger partial charge on any atom is 0.252 e. The van der Waals surface area contributed by atoms with Crippen LogP contribution in [0.5, 0.6) is 0 Å². The van der Waals surface area contributed by atoms with Gasteiger partial charge in [-0.1, -0.05) is 49.9 Å². The number of nitrogens with zero attached hydrogens (tertiary/aromatic N) is 4. The second-order valence-corrected chi connectivity index (χ2v) is 9.30. The van der Waals surface area contributed by atoms with Crippen molar-refractivity contribution in [1.82, 2.24) is 25.1 Å². The molecule has 0 aliphatic rings. The van der Waals surface area contributed by atoms with Crippen LogP contribution in [-0.2, 0) is 13.0 Å². The number of rotatable bonds is 10. The summed E-state index contributed by atoms with van der Waals surface area (Å²) in [6.07, 6.45) is 4.91. The first-order valence-corrected chi connectivity index (χ1v) is 12.7. The zero-order valence-electron chi connectivity index (χ0n) is 20.0. The quantitative estimate of drug-likeness (QED) is 0.233. The highest BCUT2D eigenvalue weighted by molar-refractivity contribution is 7.98. The molecule has 0 spiro atoms. The first-order chi connectivity index (χ1) is 17.0. The van der Waals surface area contributed by atoms with Crippen molar-refractivity contribution < 1.29 is 13.6 Å². The second-order valence-electron chi connectivity index (χ2n) is 8.52.